The third kappa shape index (κ3) is 4.03. The lowest BCUT2D eigenvalue weighted by Crippen LogP contribution is -2.21. The van der Waals surface area contributed by atoms with Gasteiger partial charge in [-0.05, 0) is 23.8 Å². The lowest BCUT2D eigenvalue weighted by Gasteiger charge is -2.10. The van der Waals surface area contributed by atoms with Gasteiger partial charge in [-0.2, -0.15) is 0 Å². The molecule has 0 fully saturated rings. The van der Waals surface area contributed by atoms with Crippen molar-refractivity contribution in [2.75, 3.05) is 20.3 Å². The second-order valence-electron chi connectivity index (χ2n) is 4.38. The summed E-state index contributed by atoms with van der Waals surface area (Å²) in [6.45, 7) is 2.53. The van der Waals surface area contributed by atoms with E-state index in [4.69, 9.17) is 16.3 Å². The summed E-state index contributed by atoms with van der Waals surface area (Å²) in [5, 5.41) is 3.78. The highest BCUT2D eigenvalue weighted by molar-refractivity contribution is 6.31. The van der Waals surface area contributed by atoms with Crippen LogP contribution >= 0.6 is 11.6 Å². The number of hydrogen-bond donors (Lipinski definition) is 1. The first kappa shape index (κ1) is 15.0. The molecule has 0 aliphatic rings. The molecule has 20 heavy (non-hydrogen) atoms. The van der Waals surface area contributed by atoms with Crippen molar-refractivity contribution in [1.82, 2.24) is 14.9 Å². The van der Waals surface area contributed by atoms with Gasteiger partial charge in [0.1, 0.15) is 11.6 Å². The first-order valence-corrected chi connectivity index (χ1v) is 6.72. The minimum atomic E-state index is -0.288. The molecule has 0 aliphatic carbocycles. The zero-order chi connectivity index (χ0) is 14.4. The SMILES string of the molecule is COCCNCc1nccn1Cc1cc(F)ccc1Cl. The molecule has 0 atom stereocenters. The van der Waals surface area contributed by atoms with Gasteiger partial charge in [-0.1, -0.05) is 11.6 Å². The lowest BCUT2D eigenvalue weighted by molar-refractivity contribution is 0.199. The van der Waals surface area contributed by atoms with E-state index < -0.39 is 0 Å². The number of rotatable bonds is 7. The van der Waals surface area contributed by atoms with E-state index in [1.54, 1.807) is 19.4 Å². The van der Waals surface area contributed by atoms with Gasteiger partial charge in [0.2, 0.25) is 0 Å². The molecule has 0 unspecified atom stereocenters. The fourth-order valence-electron chi connectivity index (χ4n) is 1.87. The molecule has 1 N–H and O–H groups in total. The van der Waals surface area contributed by atoms with Crippen LogP contribution in [0, 0.1) is 5.82 Å². The van der Waals surface area contributed by atoms with Crippen molar-refractivity contribution in [3.63, 3.8) is 0 Å². The first-order valence-electron chi connectivity index (χ1n) is 6.34. The molecule has 0 aliphatic heterocycles. The highest BCUT2D eigenvalue weighted by atomic mass is 35.5. The van der Waals surface area contributed by atoms with Gasteiger partial charge in [-0.25, -0.2) is 9.37 Å². The molecule has 1 aromatic heterocycles. The van der Waals surface area contributed by atoms with Gasteiger partial charge < -0.3 is 14.6 Å². The summed E-state index contributed by atoms with van der Waals surface area (Å²) in [5.41, 5.74) is 0.739. The third-order valence-corrected chi connectivity index (χ3v) is 3.28. The van der Waals surface area contributed by atoms with Crippen molar-refractivity contribution in [1.29, 1.82) is 0 Å². The molecular weight excluding hydrogens is 281 g/mol. The summed E-state index contributed by atoms with van der Waals surface area (Å²) in [7, 11) is 1.66. The van der Waals surface area contributed by atoms with Crippen molar-refractivity contribution >= 4 is 11.6 Å². The molecule has 0 saturated heterocycles. The van der Waals surface area contributed by atoms with Gasteiger partial charge in [-0.3, -0.25) is 0 Å². The van der Waals surface area contributed by atoms with Crippen LogP contribution in [0.3, 0.4) is 0 Å². The highest BCUT2D eigenvalue weighted by Crippen LogP contribution is 2.18. The van der Waals surface area contributed by atoms with Crippen LogP contribution in [0.2, 0.25) is 5.02 Å². The maximum atomic E-state index is 13.3. The maximum absolute atomic E-state index is 13.3. The molecule has 1 aromatic carbocycles. The van der Waals surface area contributed by atoms with Crippen molar-refractivity contribution < 1.29 is 9.13 Å². The van der Waals surface area contributed by atoms with E-state index in [9.17, 15) is 4.39 Å². The van der Waals surface area contributed by atoms with Gasteiger partial charge in [0.05, 0.1) is 19.7 Å². The van der Waals surface area contributed by atoms with Gasteiger partial charge >= 0.3 is 0 Å². The Bertz CT molecular complexity index is 559. The Labute approximate surface area is 122 Å². The summed E-state index contributed by atoms with van der Waals surface area (Å²) in [5.74, 6) is 0.589. The van der Waals surface area contributed by atoms with Crippen molar-refractivity contribution in [3.8, 4) is 0 Å². The molecule has 0 saturated carbocycles. The van der Waals surface area contributed by atoms with E-state index in [1.165, 1.54) is 12.1 Å². The monoisotopic (exact) mass is 297 g/mol. The van der Waals surface area contributed by atoms with E-state index in [2.05, 4.69) is 10.3 Å². The Morgan fingerprint density at radius 2 is 2.30 bits per heavy atom. The van der Waals surface area contributed by atoms with E-state index in [0.717, 1.165) is 17.9 Å². The summed E-state index contributed by atoms with van der Waals surface area (Å²) >= 11 is 6.08. The summed E-state index contributed by atoms with van der Waals surface area (Å²) in [6, 6.07) is 4.37. The van der Waals surface area contributed by atoms with Crippen LogP contribution in [0.25, 0.3) is 0 Å². The quantitative estimate of drug-likeness (QED) is 0.798. The smallest absolute Gasteiger partial charge is 0.123 e. The number of methoxy groups -OCH3 is 1. The second-order valence-corrected chi connectivity index (χ2v) is 4.78. The Morgan fingerprint density at radius 1 is 1.45 bits per heavy atom. The number of ether oxygens (including phenoxy) is 1. The molecule has 6 heteroatoms. The molecule has 1 heterocycles. The van der Waals surface area contributed by atoms with Crippen LogP contribution in [-0.2, 0) is 17.8 Å². The second kappa shape index (κ2) is 7.38. The van der Waals surface area contributed by atoms with E-state index in [0.29, 0.717) is 24.7 Å². The predicted octanol–water partition coefficient (Wildman–Crippen LogP) is 2.46. The average Bonchev–Trinajstić information content (AvgIpc) is 2.86. The van der Waals surface area contributed by atoms with Gasteiger partial charge in [0.25, 0.3) is 0 Å². The summed E-state index contributed by atoms with van der Waals surface area (Å²) in [4.78, 5) is 4.28. The van der Waals surface area contributed by atoms with Gasteiger partial charge in [-0.15, -0.1) is 0 Å². The molecule has 4 nitrogen and oxygen atoms in total. The van der Waals surface area contributed by atoms with Crippen LogP contribution in [0.1, 0.15) is 11.4 Å². The van der Waals surface area contributed by atoms with Gasteiger partial charge in [0.15, 0.2) is 0 Å². The van der Waals surface area contributed by atoms with Crippen molar-refractivity contribution in [2.45, 2.75) is 13.1 Å². The molecular formula is C14H17ClFN3O. The van der Waals surface area contributed by atoms with E-state index >= 15 is 0 Å². The normalized spacial score (nSPS) is 10.9. The zero-order valence-electron chi connectivity index (χ0n) is 11.3. The maximum Gasteiger partial charge on any atom is 0.123 e. The molecule has 0 bridgehead atoms. The van der Waals surface area contributed by atoms with Crippen molar-refractivity contribution in [2.24, 2.45) is 0 Å². The van der Waals surface area contributed by atoms with Crippen LogP contribution in [0.5, 0.6) is 0 Å². The van der Waals surface area contributed by atoms with Crippen LogP contribution < -0.4 is 5.32 Å². The fraction of sp³-hybridized carbons (Fsp3) is 0.357. The third-order valence-electron chi connectivity index (χ3n) is 2.92. The van der Waals surface area contributed by atoms with Crippen LogP contribution in [0.4, 0.5) is 4.39 Å². The summed E-state index contributed by atoms with van der Waals surface area (Å²) in [6.07, 6.45) is 3.58. The first-order chi connectivity index (χ1) is 9.70. The number of halogens is 2. The molecule has 108 valence electrons. The molecule has 0 radical (unpaired) electrons. The molecule has 2 aromatic rings. The minimum absolute atomic E-state index is 0.288. The Kier molecular flexibility index (Phi) is 5.52. The Balaban J connectivity index is 2.02. The van der Waals surface area contributed by atoms with E-state index in [-0.39, 0.29) is 5.82 Å². The Morgan fingerprint density at radius 3 is 3.10 bits per heavy atom. The molecule has 2 rings (SSSR count). The number of hydrogen-bond acceptors (Lipinski definition) is 3. The number of aromatic nitrogens is 2. The zero-order valence-corrected chi connectivity index (χ0v) is 12.0. The Hall–Kier alpha value is -1.43. The standard InChI is InChI=1S/C14H17ClFN3O/c1-20-7-5-17-9-14-18-4-6-19(14)10-11-8-12(16)2-3-13(11)15/h2-4,6,8,17H,5,7,9-10H2,1H3. The number of nitrogens with zero attached hydrogens (tertiary/aromatic N) is 2. The van der Waals surface area contributed by atoms with Crippen molar-refractivity contribution in [3.05, 3.63) is 52.8 Å². The minimum Gasteiger partial charge on any atom is -0.383 e. The molecule has 0 amide bonds. The number of imidazole rings is 1. The molecule has 0 spiro atoms. The largest absolute Gasteiger partial charge is 0.383 e. The highest BCUT2D eigenvalue weighted by Gasteiger charge is 2.07. The fourth-order valence-corrected chi connectivity index (χ4v) is 2.05. The predicted molar refractivity (Wildman–Crippen MR) is 76.3 cm³/mol. The van der Waals surface area contributed by atoms with Crippen LogP contribution in [-0.4, -0.2) is 29.8 Å². The summed E-state index contributed by atoms with van der Waals surface area (Å²) < 4.78 is 20.2. The lowest BCUT2D eigenvalue weighted by atomic mass is 10.2. The number of nitrogens with one attached hydrogen (secondary N) is 1. The topological polar surface area (TPSA) is 39.1 Å². The number of benzene rings is 1. The average molecular weight is 298 g/mol. The van der Waals surface area contributed by atoms with Crippen LogP contribution in [0.15, 0.2) is 30.6 Å². The van der Waals surface area contributed by atoms with E-state index in [1.807, 2.05) is 10.8 Å². The van der Waals surface area contributed by atoms with Gasteiger partial charge in [0, 0.05) is 31.1 Å².